The van der Waals surface area contributed by atoms with E-state index in [-0.39, 0.29) is 12.0 Å². The van der Waals surface area contributed by atoms with Crippen molar-refractivity contribution in [1.29, 1.82) is 0 Å². The van der Waals surface area contributed by atoms with Gasteiger partial charge in [-0.15, -0.1) is 0 Å². The van der Waals surface area contributed by atoms with Crippen LogP contribution in [-0.4, -0.2) is 47.2 Å². The molecule has 16 heavy (non-hydrogen) atoms. The van der Waals surface area contributed by atoms with Crippen LogP contribution in [0.25, 0.3) is 0 Å². The molecule has 2 N–H and O–H groups in total. The minimum Gasteiger partial charge on any atom is -0.481 e. The summed E-state index contributed by atoms with van der Waals surface area (Å²) in [6.07, 6.45) is 2.10. The van der Waals surface area contributed by atoms with Gasteiger partial charge in [-0.25, -0.2) is 0 Å². The summed E-state index contributed by atoms with van der Waals surface area (Å²) >= 11 is 0. The fourth-order valence-electron chi connectivity index (χ4n) is 2.37. The lowest BCUT2D eigenvalue weighted by Gasteiger charge is -2.37. The van der Waals surface area contributed by atoms with Crippen LogP contribution in [0.5, 0.6) is 0 Å². The Labute approximate surface area is 98.0 Å². The normalized spacial score (nSPS) is 26.3. The summed E-state index contributed by atoms with van der Waals surface area (Å²) in [7, 11) is 0. The smallest absolute Gasteiger partial charge is 0.303 e. The second-order valence-corrected chi connectivity index (χ2v) is 5.18. The molecule has 1 fully saturated rings. The van der Waals surface area contributed by atoms with E-state index in [0.717, 1.165) is 32.5 Å². The predicted octanol–water partition coefficient (Wildman–Crippen LogP) is 1.31. The highest BCUT2D eigenvalue weighted by Gasteiger charge is 2.30. The van der Waals surface area contributed by atoms with Crippen molar-refractivity contribution in [1.82, 2.24) is 10.2 Å². The van der Waals surface area contributed by atoms with Crippen molar-refractivity contribution in [3.63, 3.8) is 0 Å². The van der Waals surface area contributed by atoms with Crippen LogP contribution < -0.4 is 5.32 Å². The molecule has 1 heterocycles. The minimum absolute atomic E-state index is 0.222. The summed E-state index contributed by atoms with van der Waals surface area (Å²) in [6.45, 7) is 9.65. The van der Waals surface area contributed by atoms with E-state index in [2.05, 4.69) is 31.0 Å². The van der Waals surface area contributed by atoms with E-state index in [1.807, 2.05) is 0 Å². The van der Waals surface area contributed by atoms with Gasteiger partial charge in [-0.3, -0.25) is 9.69 Å². The van der Waals surface area contributed by atoms with Crippen molar-refractivity contribution >= 4 is 5.97 Å². The van der Waals surface area contributed by atoms with Gasteiger partial charge in [-0.2, -0.15) is 0 Å². The molecule has 0 bridgehead atoms. The van der Waals surface area contributed by atoms with Gasteiger partial charge in [0.15, 0.2) is 0 Å². The summed E-state index contributed by atoms with van der Waals surface area (Å²) in [5, 5.41) is 12.2. The van der Waals surface area contributed by atoms with Crippen molar-refractivity contribution in [2.24, 2.45) is 0 Å². The zero-order chi connectivity index (χ0) is 12.2. The van der Waals surface area contributed by atoms with Gasteiger partial charge >= 0.3 is 5.97 Å². The first-order valence-electron chi connectivity index (χ1n) is 6.16. The van der Waals surface area contributed by atoms with Crippen LogP contribution in [-0.2, 0) is 4.79 Å². The Kier molecular flexibility index (Phi) is 4.74. The monoisotopic (exact) mass is 228 g/mol. The number of hydrogen-bond donors (Lipinski definition) is 2. The van der Waals surface area contributed by atoms with Crippen LogP contribution in [0.3, 0.4) is 0 Å². The van der Waals surface area contributed by atoms with Crippen molar-refractivity contribution in [2.75, 3.05) is 19.6 Å². The quantitative estimate of drug-likeness (QED) is 0.762. The van der Waals surface area contributed by atoms with Crippen LogP contribution in [0.2, 0.25) is 0 Å². The molecule has 0 radical (unpaired) electrons. The molecular formula is C12H24N2O2. The molecule has 0 amide bonds. The van der Waals surface area contributed by atoms with Crippen molar-refractivity contribution in [2.45, 2.75) is 51.6 Å². The standard InChI is InChI=1S/C12H24N2O2/c1-4-14-9-10(5-6-11(15)16)13-8-7-12(14,2)3/h10,13H,4-9H2,1-3H3,(H,15,16). The topological polar surface area (TPSA) is 52.6 Å². The van der Waals surface area contributed by atoms with E-state index in [4.69, 9.17) is 5.11 Å². The zero-order valence-corrected chi connectivity index (χ0v) is 10.6. The van der Waals surface area contributed by atoms with Crippen molar-refractivity contribution in [3.05, 3.63) is 0 Å². The van der Waals surface area contributed by atoms with Gasteiger partial charge in [-0.05, 0) is 39.8 Å². The van der Waals surface area contributed by atoms with Gasteiger partial charge < -0.3 is 10.4 Å². The largest absolute Gasteiger partial charge is 0.481 e. The molecule has 0 aromatic carbocycles. The Balaban J connectivity index is 2.53. The second kappa shape index (κ2) is 5.64. The highest BCUT2D eigenvalue weighted by molar-refractivity contribution is 5.66. The Morgan fingerprint density at radius 3 is 2.81 bits per heavy atom. The molecule has 0 aromatic rings. The first kappa shape index (κ1) is 13.5. The molecule has 1 unspecified atom stereocenters. The fourth-order valence-corrected chi connectivity index (χ4v) is 2.37. The molecule has 1 atom stereocenters. The van der Waals surface area contributed by atoms with Gasteiger partial charge in [0.1, 0.15) is 0 Å². The van der Waals surface area contributed by atoms with Gasteiger partial charge in [0.25, 0.3) is 0 Å². The third-order valence-electron chi connectivity index (χ3n) is 3.56. The number of rotatable bonds is 4. The zero-order valence-electron chi connectivity index (χ0n) is 10.6. The Morgan fingerprint density at radius 1 is 1.56 bits per heavy atom. The van der Waals surface area contributed by atoms with Crippen LogP contribution in [0.1, 0.15) is 40.0 Å². The van der Waals surface area contributed by atoms with Crippen LogP contribution in [0.4, 0.5) is 0 Å². The molecule has 0 aromatic heterocycles. The second-order valence-electron chi connectivity index (χ2n) is 5.18. The van der Waals surface area contributed by atoms with E-state index in [0.29, 0.717) is 6.04 Å². The summed E-state index contributed by atoms with van der Waals surface area (Å²) < 4.78 is 0. The Bertz CT molecular complexity index is 241. The lowest BCUT2D eigenvalue weighted by atomic mass is 9.98. The number of carboxylic acid groups (broad SMARTS) is 1. The SMILES string of the molecule is CCN1CC(CCC(=O)O)NCCC1(C)C. The number of nitrogens with zero attached hydrogens (tertiary/aromatic N) is 1. The molecule has 94 valence electrons. The highest BCUT2D eigenvalue weighted by Crippen LogP contribution is 2.21. The molecule has 0 saturated carbocycles. The maximum absolute atomic E-state index is 10.6. The van der Waals surface area contributed by atoms with Crippen molar-refractivity contribution < 1.29 is 9.90 Å². The summed E-state index contributed by atoms with van der Waals surface area (Å²) in [4.78, 5) is 13.0. The van der Waals surface area contributed by atoms with Gasteiger partial charge in [-0.1, -0.05) is 6.92 Å². The Morgan fingerprint density at radius 2 is 2.25 bits per heavy atom. The molecule has 4 heteroatoms. The molecule has 1 aliphatic heterocycles. The number of hydrogen-bond acceptors (Lipinski definition) is 3. The first-order chi connectivity index (χ1) is 7.45. The fraction of sp³-hybridized carbons (Fsp3) is 0.917. The maximum Gasteiger partial charge on any atom is 0.303 e. The lowest BCUT2D eigenvalue weighted by molar-refractivity contribution is -0.137. The predicted molar refractivity (Wildman–Crippen MR) is 64.6 cm³/mol. The molecule has 1 saturated heterocycles. The number of likely N-dealkylation sites (N-methyl/N-ethyl adjacent to an activating group) is 1. The molecular weight excluding hydrogens is 204 g/mol. The summed E-state index contributed by atoms with van der Waals surface area (Å²) in [5.74, 6) is -0.701. The lowest BCUT2D eigenvalue weighted by Crippen LogP contribution is -2.46. The number of nitrogens with one attached hydrogen (secondary N) is 1. The average Bonchev–Trinajstić information content (AvgIpc) is 2.33. The molecule has 0 spiro atoms. The molecule has 1 aliphatic rings. The van der Waals surface area contributed by atoms with Crippen molar-refractivity contribution in [3.8, 4) is 0 Å². The van der Waals surface area contributed by atoms with E-state index in [9.17, 15) is 4.79 Å². The van der Waals surface area contributed by atoms with Gasteiger partial charge in [0.05, 0.1) is 0 Å². The van der Waals surface area contributed by atoms with Gasteiger partial charge in [0, 0.05) is 24.5 Å². The van der Waals surface area contributed by atoms with Crippen LogP contribution >= 0.6 is 0 Å². The molecule has 1 rings (SSSR count). The minimum atomic E-state index is -0.701. The molecule has 4 nitrogen and oxygen atoms in total. The van der Waals surface area contributed by atoms with Crippen LogP contribution in [0, 0.1) is 0 Å². The third kappa shape index (κ3) is 3.76. The highest BCUT2D eigenvalue weighted by atomic mass is 16.4. The number of aliphatic carboxylic acids is 1. The maximum atomic E-state index is 10.6. The third-order valence-corrected chi connectivity index (χ3v) is 3.56. The summed E-state index contributed by atoms with van der Waals surface area (Å²) in [6, 6.07) is 0.317. The summed E-state index contributed by atoms with van der Waals surface area (Å²) in [5.41, 5.74) is 0.222. The number of carboxylic acids is 1. The van der Waals surface area contributed by atoms with Gasteiger partial charge in [0.2, 0.25) is 0 Å². The van der Waals surface area contributed by atoms with E-state index in [1.54, 1.807) is 0 Å². The van der Waals surface area contributed by atoms with Crippen LogP contribution in [0.15, 0.2) is 0 Å². The van der Waals surface area contributed by atoms with E-state index >= 15 is 0 Å². The van der Waals surface area contributed by atoms with E-state index < -0.39 is 5.97 Å². The van der Waals surface area contributed by atoms with E-state index in [1.165, 1.54) is 0 Å². The Hall–Kier alpha value is -0.610. The number of carbonyl (C=O) groups is 1. The average molecular weight is 228 g/mol. The first-order valence-corrected chi connectivity index (χ1v) is 6.16. The molecule has 0 aliphatic carbocycles.